The molecule has 12 heavy (non-hydrogen) atoms. The Morgan fingerprint density at radius 1 is 1.33 bits per heavy atom. The lowest BCUT2D eigenvalue weighted by molar-refractivity contribution is -0.0906. The van der Waals surface area contributed by atoms with Crippen LogP contribution in [0.2, 0.25) is 0 Å². The van der Waals surface area contributed by atoms with Crippen LogP contribution in [0, 0.1) is 5.92 Å². The maximum absolute atomic E-state index is 9.69. The summed E-state index contributed by atoms with van der Waals surface area (Å²) in [5, 5.41) is 9.69. The van der Waals surface area contributed by atoms with Crippen molar-refractivity contribution in [2.75, 3.05) is 0 Å². The molecule has 2 heteroatoms. The lowest BCUT2D eigenvalue weighted by atomic mass is 9.82. The molecule has 0 aromatic rings. The zero-order valence-electron chi connectivity index (χ0n) is 7.92. The van der Waals surface area contributed by atoms with E-state index in [-0.39, 0.29) is 17.8 Å². The van der Waals surface area contributed by atoms with Crippen molar-refractivity contribution in [3.8, 4) is 0 Å². The van der Waals surface area contributed by atoms with Gasteiger partial charge in [0.2, 0.25) is 0 Å². The molecule has 0 bridgehead atoms. The van der Waals surface area contributed by atoms with Crippen molar-refractivity contribution in [2.45, 2.75) is 57.3 Å². The van der Waals surface area contributed by atoms with Crippen LogP contribution in [0.25, 0.3) is 0 Å². The maximum Gasteiger partial charge on any atom is 0.0870 e. The molecule has 2 rings (SSSR count). The van der Waals surface area contributed by atoms with E-state index >= 15 is 0 Å². The molecule has 2 fully saturated rings. The van der Waals surface area contributed by atoms with E-state index < -0.39 is 0 Å². The minimum Gasteiger partial charge on any atom is -0.390 e. The lowest BCUT2D eigenvalue weighted by Gasteiger charge is -2.29. The van der Waals surface area contributed by atoms with E-state index in [1.165, 1.54) is 12.8 Å². The number of aliphatic hydroxyl groups excluding tert-OH is 1. The summed E-state index contributed by atoms with van der Waals surface area (Å²) >= 11 is 0. The number of fused-ring (bicyclic) bond motifs is 1. The molecule has 1 aliphatic heterocycles. The van der Waals surface area contributed by atoms with Crippen molar-refractivity contribution in [3.63, 3.8) is 0 Å². The SMILES string of the molecule is CC1(C)CC2CCCC(O)C2O1. The van der Waals surface area contributed by atoms with E-state index in [1.54, 1.807) is 0 Å². The van der Waals surface area contributed by atoms with Gasteiger partial charge in [0.15, 0.2) is 0 Å². The van der Waals surface area contributed by atoms with Crippen LogP contribution in [-0.2, 0) is 4.74 Å². The highest BCUT2D eigenvalue weighted by Crippen LogP contribution is 2.42. The third-order valence-electron chi connectivity index (χ3n) is 3.13. The first-order chi connectivity index (χ1) is 5.58. The Morgan fingerprint density at radius 3 is 2.75 bits per heavy atom. The Labute approximate surface area is 73.9 Å². The fraction of sp³-hybridized carbons (Fsp3) is 1.00. The molecule has 0 aromatic carbocycles. The highest BCUT2D eigenvalue weighted by Gasteiger charge is 2.44. The molecule has 1 saturated heterocycles. The van der Waals surface area contributed by atoms with Crippen molar-refractivity contribution in [3.05, 3.63) is 0 Å². The molecule has 1 heterocycles. The van der Waals surface area contributed by atoms with Gasteiger partial charge < -0.3 is 9.84 Å². The maximum atomic E-state index is 9.69. The molecule has 0 radical (unpaired) electrons. The number of hydrogen-bond acceptors (Lipinski definition) is 2. The van der Waals surface area contributed by atoms with E-state index in [9.17, 15) is 5.11 Å². The third-order valence-corrected chi connectivity index (χ3v) is 3.13. The van der Waals surface area contributed by atoms with E-state index in [2.05, 4.69) is 13.8 Å². The predicted octanol–water partition coefficient (Wildman–Crippen LogP) is 1.71. The molecule has 1 N–H and O–H groups in total. The monoisotopic (exact) mass is 170 g/mol. The molecule has 1 saturated carbocycles. The van der Waals surface area contributed by atoms with E-state index in [4.69, 9.17) is 4.74 Å². The zero-order valence-corrected chi connectivity index (χ0v) is 7.92. The molecule has 2 nitrogen and oxygen atoms in total. The van der Waals surface area contributed by atoms with Gasteiger partial charge in [0.1, 0.15) is 0 Å². The molecule has 0 amide bonds. The first-order valence-electron chi connectivity index (χ1n) is 4.94. The summed E-state index contributed by atoms with van der Waals surface area (Å²) < 4.78 is 5.81. The summed E-state index contributed by atoms with van der Waals surface area (Å²) in [6.07, 6.45) is 4.39. The van der Waals surface area contributed by atoms with Crippen LogP contribution in [0.4, 0.5) is 0 Å². The van der Waals surface area contributed by atoms with Gasteiger partial charge in [0.05, 0.1) is 17.8 Å². The molecular formula is C10H18O2. The quantitative estimate of drug-likeness (QED) is 0.599. The Bertz CT molecular complexity index is 177. The van der Waals surface area contributed by atoms with Crippen molar-refractivity contribution < 1.29 is 9.84 Å². The van der Waals surface area contributed by atoms with Crippen LogP contribution in [0.15, 0.2) is 0 Å². The van der Waals surface area contributed by atoms with Gasteiger partial charge >= 0.3 is 0 Å². The smallest absolute Gasteiger partial charge is 0.0870 e. The van der Waals surface area contributed by atoms with Gasteiger partial charge in [-0.15, -0.1) is 0 Å². The van der Waals surface area contributed by atoms with Crippen LogP contribution in [0.3, 0.4) is 0 Å². The average molecular weight is 170 g/mol. The Balaban J connectivity index is 2.09. The molecule has 1 aliphatic carbocycles. The molecule has 3 unspecified atom stereocenters. The second-order valence-electron chi connectivity index (χ2n) is 4.80. The van der Waals surface area contributed by atoms with Crippen LogP contribution in [-0.4, -0.2) is 22.9 Å². The van der Waals surface area contributed by atoms with E-state index in [1.807, 2.05) is 0 Å². The molecule has 70 valence electrons. The Kier molecular flexibility index (Phi) is 1.92. The van der Waals surface area contributed by atoms with Crippen molar-refractivity contribution in [2.24, 2.45) is 5.92 Å². The summed E-state index contributed by atoms with van der Waals surface area (Å²) in [6, 6.07) is 0. The highest BCUT2D eigenvalue weighted by molar-refractivity contribution is 4.94. The third kappa shape index (κ3) is 1.38. The highest BCUT2D eigenvalue weighted by atomic mass is 16.5. The summed E-state index contributed by atoms with van der Waals surface area (Å²) in [5.74, 6) is 0.615. The summed E-state index contributed by atoms with van der Waals surface area (Å²) in [4.78, 5) is 0. The lowest BCUT2D eigenvalue weighted by Crippen LogP contribution is -2.35. The molecular weight excluding hydrogens is 152 g/mol. The van der Waals surface area contributed by atoms with Crippen molar-refractivity contribution in [1.29, 1.82) is 0 Å². The van der Waals surface area contributed by atoms with Gasteiger partial charge in [0, 0.05) is 0 Å². The van der Waals surface area contributed by atoms with Gasteiger partial charge in [0.25, 0.3) is 0 Å². The first kappa shape index (κ1) is 8.52. The molecule has 0 aromatic heterocycles. The van der Waals surface area contributed by atoms with Gasteiger partial charge in [-0.25, -0.2) is 0 Å². The largest absolute Gasteiger partial charge is 0.390 e. The minimum atomic E-state index is -0.203. The second kappa shape index (κ2) is 2.71. The number of aliphatic hydroxyl groups is 1. The number of ether oxygens (including phenoxy) is 1. The number of hydrogen-bond donors (Lipinski definition) is 1. The topological polar surface area (TPSA) is 29.5 Å². The first-order valence-corrected chi connectivity index (χ1v) is 4.94. The standard InChI is InChI=1S/C10H18O2/c1-10(2)6-7-4-3-5-8(11)9(7)12-10/h7-9,11H,3-6H2,1-2H3. The molecule has 0 spiro atoms. The predicted molar refractivity (Wildman–Crippen MR) is 46.9 cm³/mol. The van der Waals surface area contributed by atoms with Gasteiger partial charge in [-0.05, 0) is 39.0 Å². The summed E-state index contributed by atoms with van der Waals surface area (Å²) in [6.45, 7) is 4.25. The Morgan fingerprint density at radius 2 is 2.08 bits per heavy atom. The minimum absolute atomic E-state index is 0.000648. The zero-order chi connectivity index (χ0) is 8.77. The van der Waals surface area contributed by atoms with Crippen LogP contribution < -0.4 is 0 Å². The normalized spacial score (nSPS) is 45.8. The van der Waals surface area contributed by atoms with E-state index in [0.717, 1.165) is 12.8 Å². The van der Waals surface area contributed by atoms with Gasteiger partial charge in [-0.3, -0.25) is 0 Å². The molecule has 3 atom stereocenters. The summed E-state index contributed by atoms with van der Waals surface area (Å²) in [5.41, 5.74) is 0.000648. The van der Waals surface area contributed by atoms with E-state index in [0.29, 0.717) is 5.92 Å². The fourth-order valence-corrected chi connectivity index (χ4v) is 2.67. The van der Waals surface area contributed by atoms with Gasteiger partial charge in [-0.2, -0.15) is 0 Å². The van der Waals surface area contributed by atoms with Crippen LogP contribution >= 0.6 is 0 Å². The number of rotatable bonds is 0. The van der Waals surface area contributed by atoms with Crippen molar-refractivity contribution in [1.82, 2.24) is 0 Å². The van der Waals surface area contributed by atoms with Crippen molar-refractivity contribution >= 4 is 0 Å². The average Bonchev–Trinajstić information content (AvgIpc) is 2.25. The van der Waals surface area contributed by atoms with Crippen LogP contribution in [0.1, 0.15) is 39.5 Å². The Hall–Kier alpha value is -0.0800. The summed E-state index contributed by atoms with van der Waals surface area (Å²) in [7, 11) is 0. The second-order valence-corrected chi connectivity index (χ2v) is 4.80. The fourth-order valence-electron chi connectivity index (χ4n) is 2.67. The van der Waals surface area contributed by atoms with Crippen LogP contribution in [0.5, 0.6) is 0 Å². The van der Waals surface area contributed by atoms with Gasteiger partial charge in [-0.1, -0.05) is 6.42 Å². The molecule has 2 aliphatic rings.